The van der Waals surface area contributed by atoms with Gasteiger partial charge in [-0.2, -0.15) is 0 Å². The zero-order valence-corrected chi connectivity index (χ0v) is 21.1. The molecule has 2 aliphatic rings. The molecular formula is C30H26ClN3O3. The SMILES string of the molecule is COc1ccccc1C(=O)N(CC(=O)N1c2ccccc2-n2cccc2C1c1ccc(Cl)cc1)C1CC1. The van der Waals surface area contributed by atoms with Crippen LogP contribution in [-0.2, 0) is 4.79 Å². The van der Waals surface area contributed by atoms with Gasteiger partial charge in [-0.15, -0.1) is 0 Å². The molecule has 37 heavy (non-hydrogen) atoms. The van der Waals surface area contributed by atoms with E-state index in [0.717, 1.165) is 35.5 Å². The molecule has 0 spiro atoms. The number of rotatable bonds is 6. The summed E-state index contributed by atoms with van der Waals surface area (Å²) in [4.78, 5) is 31.4. The quantitative estimate of drug-likeness (QED) is 0.325. The van der Waals surface area contributed by atoms with Crippen molar-refractivity contribution < 1.29 is 14.3 Å². The summed E-state index contributed by atoms with van der Waals surface area (Å²) in [5.74, 6) is 0.172. The fourth-order valence-electron chi connectivity index (χ4n) is 5.17. The number of anilines is 1. The monoisotopic (exact) mass is 511 g/mol. The molecule has 1 saturated carbocycles. The molecule has 0 N–H and O–H groups in total. The molecule has 1 fully saturated rings. The predicted molar refractivity (Wildman–Crippen MR) is 144 cm³/mol. The lowest BCUT2D eigenvalue weighted by molar-refractivity contribution is -0.119. The fraction of sp³-hybridized carbons (Fsp3) is 0.200. The van der Waals surface area contributed by atoms with E-state index in [0.29, 0.717) is 16.3 Å². The molecule has 1 unspecified atom stereocenters. The third kappa shape index (κ3) is 4.17. The van der Waals surface area contributed by atoms with Gasteiger partial charge in [0.1, 0.15) is 18.3 Å². The highest BCUT2D eigenvalue weighted by Gasteiger charge is 2.40. The Morgan fingerprint density at radius 2 is 1.62 bits per heavy atom. The Hall–Kier alpha value is -4.03. The number of amides is 2. The maximum Gasteiger partial charge on any atom is 0.258 e. The third-order valence-corrected chi connectivity index (χ3v) is 7.32. The summed E-state index contributed by atoms with van der Waals surface area (Å²) in [6.45, 7) is -0.0271. The van der Waals surface area contributed by atoms with E-state index in [9.17, 15) is 9.59 Å². The fourth-order valence-corrected chi connectivity index (χ4v) is 5.30. The number of carbonyl (C=O) groups excluding carboxylic acids is 2. The normalized spacial score (nSPS) is 16.1. The first-order valence-corrected chi connectivity index (χ1v) is 12.7. The number of hydrogen-bond acceptors (Lipinski definition) is 3. The lowest BCUT2D eigenvalue weighted by Gasteiger charge is -2.39. The summed E-state index contributed by atoms with van der Waals surface area (Å²) in [5, 5.41) is 0.635. The van der Waals surface area contributed by atoms with Crippen LogP contribution >= 0.6 is 11.6 Å². The number of ether oxygens (including phenoxy) is 1. The zero-order chi connectivity index (χ0) is 25.5. The van der Waals surface area contributed by atoms with E-state index in [-0.39, 0.29) is 30.4 Å². The van der Waals surface area contributed by atoms with Crippen LogP contribution in [-0.4, -0.2) is 41.0 Å². The largest absolute Gasteiger partial charge is 0.496 e. The molecule has 1 aliphatic heterocycles. The molecule has 4 aromatic rings. The number of benzene rings is 3. The molecule has 0 bridgehead atoms. The van der Waals surface area contributed by atoms with Crippen molar-refractivity contribution in [3.8, 4) is 11.4 Å². The van der Waals surface area contributed by atoms with Crippen LogP contribution in [0.25, 0.3) is 5.69 Å². The van der Waals surface area contributed by atoms with E-state index in [1.54, 1.807) is 24.1 Å². The molecule has 2 amide bonds. The Morgan fingerprint density at radius 1 is 0.919 bits per heavy atom. The first-order chi connectivity index (χ1) is 18.1. The second-order valence-electron chi connectivity index (χ2n) is 9.37. The summed E-state index contributed by atoms with van der Waals surface area (Å²) in [6, 6.07) is 26.3. The predicted octanol–water partition coefficient (Wildman–Crippen LogP) is 5.88. The lowest BCUT2D eigenvalue weighted by atomic mass is 9.97. The molecule has 1 aromatic heterocycles. The summed E-state index contributed by atoms with van der Waals surface area (Å²) < 4.78 is 7.56. The van der Waals surface area contributed by atoms with Gasteiger partial charge in [-0.25, -0.2) is 0 Å². The Labute approximate surface area is 220 Å². The summed E-state index contributed by atoms with van der Waals surface area (Å²) in [5.41, 5.74) is 4.11. The van der Waals surface area contributed by atoms with Crippen molar-refractivity contribution in [1.82, 2.24) is 9.47 Å². The highest BCUT2D eigenvalue weighted by Crippen LogP contribution is 2.43. The minimum absolute atomic E-state index is 0.0271. The number of halogens is 1. The van der Waals surface area contributed by atoms with Crippen molar-refractivity contribution >= 4 is 29.1 Å². The Morgan fingerprint density at radius 3 is 2.35 bits per heavy atom. The van der Waals surface area contributed by atoms with Gasteiger partial charge >= 0.3 is 0 Å². The summed E-state index contributed by atoms with van der Waals surface area (Å²) in [6.07, 6.45) is 3.78. The molecule has 0 saturated heterocycles. The number of fused-ring (bicyclic) bond motifs is 3. The van der Waals surface area contributed by atoms with Gasteiger partial charge < -0.3 is 14.2 Å². The maximum absolute atomic E-state index is 14.2. The van der Waals surface area contributed by atoms with Crippen LogP contribution < -0.4 is 9.64 Å². The Balaban J connectivity index is 1.41. The molecular weight excluding hydrogens is 486 g/mol. The van der Waals surface area contributed by atoms with Gasteiger partial charge in [-0.1, -0.05) is 48.0 Å². The smallest absolute Gasteiger partial charge is 0.258 e. The standard InChI is InChI=1S/C30H26ClN3O3/c1-37-27-11-5-2-7-23(27)30(36)33(22-16-17-22)19-28(35)34-25-9-4-3-8-24(25)32-18-6-10-26(32)29(34)20-12-14-21(31)15-13-20/h2-15,18,22,29H,16-17,19H2,1H3. The van der Waals surface area contributed by atoms with Crippen molar-refractivity contribution in [2.75, 3.05) is 18.6 Å². The number of methoxy groups -OCH3 is 1. The van der Waals surface area contributed by atoms with E-state index in [2.05, 4.69) is 4.57 Å². The van der Waals surface area contributed by atoms with Crippen molar-refractivity contribution in [2.45, 2.75) is 24.9 Å². The first-order valence-electron chi connectivity index (χ1n) is 12.3. The van der Waals surface area contributed by atoms with E-state index in [1.807, 2.05) is 83.9 Å². The minimum Gasteiger partial charge on any atom is -0.496 e. The van der Waals surface area contributed by atoms with Crippen LogP contribution in [0, 0.1) is 0 Å². The zero-order valence-electron chi connectivity index (χ0n) is 20.4. The van der Waals surface area contributed by atoms with Gasteiger partial charge in [0, 0.05) is 17.3 Å². The van der Waals surface area contributed by atoms with E-state index in [1.165, 1.54) is 0 Å². The molecule has 1 aliphatic carbocycles. The van der Waals surface area contributed by atoms with Crippen LogP contribution in [0.1, 0.15) is 40.5 Å². The molecule has 186 valence electrons. The average Bonchev–Trinajstić information content (AvgIpc) is 3.66. The van der Waals surface area contributed by atoms with Gasteiger partial charge in [0.2, 0.25) is 5.91 Å². The lowest BCUT2D eigenvalue weighted by Crippen LogP contribution is -2.47. The molecule has 6 rings (SSSR count). The van der Waals surface area contributed by atoms with Crippen LogP contribution in [0.4, 0.5) is 5.69 Å². The second kappa shape index (κ2) is 9.45. The van der Waals surface area contributed by atoms with Gasteiger partial charge in [0.15, 0.2) is 0 Å². The maximum atomic E-state index is 14.2. The van der Waals surface area contributed by atoms with Gasteiger partial charge in [-0.3, -0.25) is 14.5 Å². The van der Waals surface area contributed by atoms with Crippen LogP contribution in [0.5, 0.6) is 5.75 Å². The Bertz CT molecular complexity index is 1480. The van der Waals surface area contributed by atoms with Gasteiger partial charge in [0.05, 0.1) is 29.7 Å². The first kappa shape index (κ1) is 23.4. The Kier molecular flexibility index (Phi) is 5.97. The van der Waals surface area contributed by atoms with E-state index < -0.39 is 0 Å². The van der Waals surface area contributed by atoms with E-state index in [4.69, 9.17) is 16.3 Å². The summed E-state index contributed by atoms with van der Waals surface area (Å²) >= 11 is 6.20. The highest BCUT2D eigenvalue weighted by atomic mass is 35.5. The molecule has 1 atom stereocenters. The molecule has 3 aromatic carbocycles. The number of aromatic nitrogens is 1. The molecule has 6 nitrogen and oxygen atoms in total. The summed E-state index contributed by atoms with van der Waals surface area (Å²) in [7, 11) is 1.55. The number of nitrogens with zero attached hydrogens (tertiary/aromatic N) is 3. The van der Waals surface area contributed by atoms with Crippen molar-refractivity contribution in [3.05, 3.63) is 113 Å². The third-order valence-electron chi connectivity index (χ3n) is 7.07. The van der Waals surface area contributed by atoms with Crippen LogP contribution in [0.15, 0.2) is 91.1 Å². The number of hydrogen-bond donors (Lipinski definition) is 0. The van der Waals surface area contributed by atoms with Gasteiger partial charge in [-0.05, 0) is 66.9 Å². The van der Waals surface area contributed by atoms with Crippen molar-refractivity contribution in [2.24, 2.45) is 0 Å². The average molecular weight is 512 g/mol. The number of para-hydroxylation sites is 3. The highest BCUT2D eigenvalue weighted by molar-refractivity contribution is 6.30. The van der Waals surface area contributed by atoms with E-state index >= 15 is 0 Å². The molecule has 7 heteroatoms. The topological polar surface area (TPSA) is 54.8 Å². The van der Waals surface area contributed by atoms with Gasteiger partial charge in [0.25, 0.3) is 5.91 Å². The molecule has 2 heterocycles. The van der Waals surface area contributed by atoms with Crippen LogP contribution in [0.3, 0.4) is 0 Å². The molecule has 0 radical (unpaired) electrons. The minimum atomic E-state index is -0.364. The number of carbonyl (C=O) groups is 2. The van der Waals surface area contributed by atoms with Crippen molar-refractivity contribution in [1.29, 1.82) is 0 Å². The van der Waals surface area contributed by atoms with Crippen molar-refractivity contribution in [3.63, 3.8) is 0 Å². The second-order valence-corrected chi connectivity index (χ2v) is 9.81. The van der Waals surface area contributed by atoms with Crippen LogP contribution in [0.2, 0.25) is 5.02 Å².